The number of hydrogen-bond acceptors (Lipinski definition) is 3. The maximum Gasteiger partial charge on any atom is 0.195 e. The first-order chi connectivity index (χ1) is 9.20. The van der Waals surface area contributed by atoms with Crippen molar-refractivity contribution in [2.24, 2.45) is 0 Å². The molecule has 0 atom stereocenters. The Morgan fingerprint density at radius 1 is 1.11 bits per heavy atom. The topological polar surface area (TPSA) is 52.0 Å². The lowest BCUT2D eigenvalue weighted by atomic mass is 10.1. The first-order valence-corrected chi connectivity index (χ1v) is 6.41. The molecule has 1 heterocycles. The molecule has 0 amide bonds. The van der Waals surface area contributed by atoms with Crippen LogP contribution in [0.5, 0.6) is 0 Å². The predicted molar refractivity (Wildman–Crippen MR) is 77.0 cm³/mol. The highest BCUT2D eigenvalue weighted by atomic mass is 16.3. The van der Waals surface area contributed by atoms with Crippen LogP contribution in [0.3, 0.4) is 0 Å². The molecule has 0 unspecified atom stereocenters. The predicted octanol–water partition coefficient (Wildman–Crippen LogP) is 3.50. The molecule has 0 spiro atoms. The van der Waals surface area contributed by atoms with Gasteiger partial charge in [0.1, 0.15) is 5.52 Å². The van der Waals surface area contributed by atoms with Crippen LogP contribution >= 0.6 is 0 Å². The fourth-order valence-electron chi connectivity index (χ4n) is 2.19. The van der Waals surface area contributed by atoms with Crippen LogP contribution in [0.25, 0.3) is 11.1 Å². The molecule has 0 aliphatic heterocycles. The van der Waals surface area contributed by atoms with Gasteiger partial charge in [-0.05, 0) is 48.7 Å². The van der Waals surface area contributed by atoms with Crippen molar-refractivity contribution in [3.05, 3.63) is 59.5 Å². The first-order valence-electron chi connectivity index (χ1n) is 6.41. The van der Waals surface area contributed by atoms with E-state index in [1.165, 1.54) is 11.1 Å². The average Bonchev–Trinajstić information content (AvgIpc) is 2.78. The lowest BCUT2D eigenvalue weighted by Gasteiger charge is -1.99. The highest BCUT2D eigenvalue weighted by molar-refractivity contribution is 5.73. The van der Waals surface area contributed by atoms with Crippen molar-refractivity contribution in [1.82, 2.24) is 4.98 Å². The van der Waals surface area contributed by atoms with Crippen molar-refractivity contribution < 1.29 is 4.42 Å². The van der Waals surface area contributed by atoms with E-state index in [-0.39, 0.29) is 0 Å². The summed E-state index contributed by atoms with van der Waals surface area (Å²) in [5.74, 6) is 0.781. The summed E-state index contributed by atoms with van der Waals surface area (Å²) >= 11 is 0. The molecule has 0 aliphatic carbocycles. The maximum atomic E-state index is 5.77. The molecular formula is C16H16N2O. The summed E-state index contributed by atoms with van der Waals surface area (Å²) in [6, 6.07) is 14.0. The molecule has 1 aromatic heterocycles. The second-order valence-corrected chi connectivity index (χ2v) is 4.82. The zero-order valence-corrected chi connectivity index (χ0v) is 10.9. The minimum Gasteiger partial charge on any atom is -0.441 e. The van der Waals surface area contributed by atoms with E-state index in [1.54, 1.807) is 0 Å². The van der Waals surface area contributed by atoms with Gasteiger partial charge in [0, 0.05) is 12.1 Å². The van der Waals surface area contributed by atoms with Crippen LogP contribution in [0, 0.1) is 6.92 Å². The van der Waals surface area contributed by atoms with Gasteiger partial charge in [-0.15, -0.1) is 0 Å². The second-order valence-electron chi connectivity index (χ2n) is 4.82. The van der Waals surface area contributed by atoms with Crippen molar-refractivity contribution in [3.63, 3.8) is 0 Å². The quantitative estimate of drug-likeness (QED) is 0.726. The smallest absolute Gasteiger partial charge is 0.195 e. The maximum absolute atomic E-state index is 5.77. The molecule has 96 valence electrons. The largest absolute Gasteiger partial charge is 0.441 e. The number of fused-ring (bicyclic) bond motifs is 1. The molecular weight excluding hydrogens is 236 g/mol. The van der Waals surface area contributed by atoms with E-state index in [4.69, 9.17) is 10.2 Å². The molecule has 2 N–H and O–H groups in total. The summed E-state index contributed by atoms with van der Waals surface area (Å²) in [6.07, 6.45) is 1.67. The highest BCUT2D eigenvalue weighted by Gasteiger charge is 2.06. The van der Waals surface area contributed by atoms with Gasteiger partial charge in [0.2, 0.25) is 0 Å². The summed E-state index contributed by atoms with van der Waals surface area (Å²) in [4.78, 5) is 4.49. The number of anilines is 1. The fraction of sp³-hybridized carbons (Fsp3) is 0.188. The highest BCUT2D eigenvalue weighted by Crippen LogP contribution is 2.18. The van der Waals surface area contributed by atoms with E-state index >= 15 is 0 Å². The minimum absolute atomic E-state index is 0.781. The molecule has 0 saturated heterocycles. The van der Waals surface area contributed by atoms with Crippen LogP contribution in [0.4, 0.5) is 5.69 Å². The summed E-state index contributed by atoms with van der Waals surface area (Å²) in [5.41, 5.74) is 10.7. The van der Waals surface area contributed by atoms with Gasteiger partial charge in [0.05, 0.1) is 0 Å². The summed E-state index contributed by atoms with van der Waals surface area (Å²) in [6.45, 7) is 2.05. The van der Waals surface area contributed by atoms with Crippen LogP contribution in [0.1, 0.15) is 17.0 Å². The third-order valence-corrected chi connectivity index (χ3v) is 3.17. The number of rotatable bonds is 3. The van der Waals surface area contributed by atoms with Gasteiger partial charge in [-0.1, -0.05) is 18.2 Å². The lowest BCUT2D eigenvalue weighted by molar-refractivity contribution is 0.528. The van der Waals surface area contributed by atoms with Gasteiger partial charge in [-0.25, -0.2) is 4.98 Å². The van der Waals surface area contributed by atoms with Crippen molar-refractivity contribution in [2.45, 2.75) is 19.8 Å². The standard InChI is InChI=1S/C16H16N2O/c1-11-5-7-14-15(9-11)19-16(18-14)8-6-12-3-2-4-13(17)10-12/h2-5,7,9-10H,6,8,17H2,1H3. The fourth-order valence-corrected chi connectivity index (χ4v) is 2.19. The molecule has 0 bridgehead atoms. The Kier molecular flexibility index (Phi) is 2.95. The van der Waals surface area contributed by atoms with Crippen LogP contribution in [0.15, 0.2) is 46.9 Å². The minimum atomic E-state index is 0.781. The number of benzene rings is 2. The number of nitrogens with zero attached hydrogens (tertiary/aromatic N) is 1. The zero-order valence-electron chi connectivity index (χ0n) is 10.9. The lowest BCUT2D eigenvalue weighted by Crippen LogP contribution is -1.93. The molecule has 0 radical (unpaired) electrons. The number of nitrogens with two attached hydrogens (primary N) is 1. The summed E-state index contributed by atoms with van der Waals surface area (Å²) in [7, 11) is 0. The van der Waals surface area contributed by atoms with Crippen molar-refractivity contribution in [3.8, 4) is 0 Å². The molecule has 0 saturated carbocycles. The first kappa shape index (κ1) is 11.8. The van der Waals surface area contributed by atoms with Crippen molar-refractivity contribution in [1.29, 1.82) is 0 Å². The average molecular weight is 252 g/mol. The molecule has 2 aromatic carbocycles. The monoisotopic (exact) mass is 252 g/mol. The number of aromatic nitrogens is 1. The number of oxazole rings is 1. The third kappa shape index (κ3) is 2.60. The van der Waals surface area contributed by atoms with Gasteiger partial charge in [-0.3, -0.25) is 0 Å². The van der Waals surface area contributed by atoms with Gasteiger partial charge in [0.25, 0.3) is 0 Å². The Morgan fingerprint density at radius 3 is 2.84 bits per heavy atom. The van der Waals surface area contributed by atoms with Crippen LogP contribution < -0.4 is 5.73 Å². The van der Waals surface area contributed by atoms with E-state index in [0.717, 1.165) is 35.5 Å². The van der Waals surface area contributed by atoms with Gasteiger partial charge in [-0.2, -0.15) is 0 Å². The van der Waals surface area contributed by atoms with Gasteiger partial charge < -0.3 is 10.2 Å². The van der Waals surface area contributed by atoms with Crippen LogP contribution in [0.2, 0.25) is 0 Å². The SMILES string of the molecule is Cc1ccc2nc(CCc3cccc(N)c3)oc2c1. The molecule has 19 heavy (non-hydrogen) atoms. The van der Waals surface area contributed by atoms with Crippen molar-refractivity contribution >= 4 is 16.8 Å². The number of hydrogen-bond donors (Lipinski definition) is 1. The Morgan fingerprint density at radius 2 is 2.00 bits per heavy atom. The van der Waals surface area contributed by atoms with E-state index in [0.29, 0.717) is 0 Å². The van der Waals surface area contributed by atoms with Crippen molar-refractivity contribution in [2.75, 3.05) is 5.73 Å². The van der Waals surface area contributed by atoms with E-state index < -0.39 is 0 Å². The van der Waals surface area contributed by atoms with Gasteiger partial charge >= 0.3 is 0 Å². The normalized spacial score (nSPS) is 11.0. The Balaban J connectivity index is 1.78. The third-order valence-electron chi connectivity index (χ3n) is 3.17. The number of aryl methyl sites for hydroxylation is 3. The molecule has 0 fully saturated rings. The molecule has 3 heteroatoms. The zero-order chi connectivity index (χ0) is 13.2. The molecule has 3 nitrogen and oxygen atoms in total. The van der Waals surface area contributed by atoms with Crippen LogP contribution in [-0.2, 0) is 12.8 Å². The number of nitrogen functional groups attached to an aromatic ring is 1. The Hall–Kier alpha value is -2.29. The van der Waals surface area contributed by atoms with Gasteiger partial charge in [0.15, 0.2) is 11.5 Å². The summed E-state index contributed by atoms with van der Waals surface area (Å²) in [5, 5.41) is 0. The van der Waals surface area contributed by atoms with E-state index in [1.807, 2.05) is 43.3 Å². The Labute approximate surface area is 112 Å². The summed E-state index contributed by atoms with van der Waals surface area (Å²) < 4.78 is 5.76. The Bertz CT molecular complexity index is 716. The van der Waals surface area contributed by atoms with E-state index in [9.17, 15) is 0 Å². The molecule has 0 aliphatic rings. The van der Waals surface area contributed by atoms with E-state index in [2.05, 4.69) is 11.1 Å². The molecule has 3 aromatic rings. The second kappa shape index (κ2) is 4.76. The molecule has 3 rings (SSSR count). The van der Waals surface area contributed by atoms with Crippen LogP contribution in [-0.4, -0.2) is 4.98 Å².